The van der Waals surface area contributed by atoms with Gasteiger partial charge in [0.25, 0.3) is 5.95 Å². The molecule has 0 bridgehead atoms. The zero-order chi connectivity index (χ0) is 18.6. The maximum atomic E-state index is 12.6. The predicted molar refractivity (Wildman–Crippen MR) is 105 cm³/mol. The van der Waals surface area contributed by atoms with Gasteiger partial charge in [-0.2, -0.15) is 4.68 Å². The molecule has 0 unspecified atom stereocenters. The van der Waals surface area contributed by atoms with E-state index in [1.807, 2.05) is 72.8 Å². The number of fused-ring (bicyclic) bond motifs is 1. The molecule has 0 saturated carbocycles. The predicted octanol–water partition coefficient (Wildman–Crippen LogP) is 2.89. The molecular formula is C20H18N6O. The van der Waals surface area contributed by atoms with Gasteiger partial charge in [0, 0.05) is 18.1 Å². The summed E-state index contributed by atoms with van der Waals surface area (Å²) in [6.45, 7) is 0.121. The van der Waals surface area contributed by atoms with E-state index in [0.29, 0.717) is 5.95 Å². The second-order valence-electron chi connectivity index (χ2n) is 6.16. The third-order valence-corrected chi connectivity index (χ3v) is 4.24. The molecule has 0 radical (unpaired) electrons. The van der Waals surface area contributed by atoms with Crippen molar-refractivity contribution >= 4 is 28.3 Å². The number of anilines is 2. The molecule has 27 heavy (non-hydrogen) atoms. The van der Waals surface area contributed by atoms with Gasteiger partial charge in [-0.1, -0.05) is 59.7 Å². The summed E-state index contributed by atoms with van der Waals surface area (Å²) in [4.78, 5) is 14.3. The van der Waals surface area contributed by atoms with E-state index in [2.05, 4.69) is 20.8 Å². The smallest absolute Gasteiger partial charge is 0.250 e. The van der Waals surface area contributed by atoms with E-state index in [-0.39, 0.29) is 12.5 Å². The van der Waals surface area contributed by atoms with Crippen LogP contribution in [0, 0.1) is 0 Å². The minimum Gasteiger partial charge on any atom is -0.333 e. The number of amides is 1. The van der Waals surface area contributed by atoms with Crippen molar-refractivity contribution in [2.75, 3.05) is 23.8 Å². The lowest BCUT2D eigenvalue weighted by Gasteiger charge is -2.17. The number of nitrogens with zero attached hydrogens (tertiary/aromatic N) is 5. The van der Waals surface area contributed by atoms with Gasteiger partial charge in [-0.05, 0) is 34.0 Å². The fourth-order valence-electron chi connectivity index (χ4n) is 2.97. The first-order valence-electron chi connectivity index (χ1n) is 8.55. The van der Waals surface area contributed by atoms with Gasteiger partial charge in [0.1, 0.15) is 0 Å². The highest BCUT2D eigenvalue weighted by Gasteiger charge is 2.16. The number of carbonyl (C=O) groups is 1. The molecule has 1 amide bonds. The quantitative estimate of drug-likeness (QED) is 0.594. The Morgan fingerprint density at radius 1 is 1.00 bits per heavy atom. The Labute approximate surface area is 156 Å². The van der Waals surface area contributed by atoms with Crippen molar-refractivity contribution in [3.05, 3.63) is 72.8 Å². The lowest BCUT2D eigenvalue weighted by atomic mass is 10.1. The molecule has 1 aromatic heterocycles. The third-order valence-electron chi connectivity index (χ3n) is 4.24. The molecule has 7 heteroatoms. The van der Waals surface area contributed by atoms with Gasteiger partial charge in [0.05, 0.1) is 12.2 Å². The molecule has 1 heterocycles. The fraction of sp³-hybridized carbons (Fsp3) is 0.100. The average Bonchev–Trinajstić information content (AvgIpc) is 3.19. The van der Waals surface area contributed by atoms with Crippen LogP contribution in [0.3, 0.4) is 0 Å². The molecule has 1 N–H and O–H groups in total. The van der Waals surface area contributed by atoms with E-state index in [0.717, 1.165) is 22.1 Å². The van der Waals surface area contributed by atoms with Crippen molar-refractivity contribution in [3.8, 4) is 5.69 Å². The van der Waals surface area contributed by atoms with Crippen LogP contribution >= 0.6 is 0 Å². The molecular weight excluding hydrogens is 340 g/mol. The Morgan fingerprint density at radius 2 is 1.74 bits per heavy atom. The lowest BCUT2D eigenvalue weighted by molar-refractivity contribution is -0.114. The highest BCUT2D eigenvalue weighted by atomic mass is 16.2. The SMILES string of the molecule is CN(CC(=O)Nc1cccc2ccccc12)c1nnnn1-c1ccccc1. The number of aromatic nitrogens is 4. The highest BCUT2D eigenvalue weighted by molar-refractivity contribution is 6.03. The number of nitrogens with one attached hydrogen (secondary N) is 1. The molecule has 0 aliphatic rings. The molecule has 0 aliphatic carbocycles. The molecule has 4 aromatic rings. The van der Waals surface area contributed by atoms with E-state index in [9.17, 15) is 4.79 Å². The maximum Gasteiger partial charge on any atom is 0.250 e. The van der Waals surface area contributed by atoms with Gasteiger partial charge in [0.15, 0.2) is 0 Å². The fourth-order valence-corrected chi connectivity index (χ4v) is 2.97. The summed E-state index contributed by atoms with van der Waals surface area (Å²) >= 11 is 0. The van der Waals surface area contributed by atoms with Crippen LogP contribution in [0.4, 0.5) is 11.6 Å². The third kappa shape index (κ3) is 3.48. The van der Waals surface area contributed by atoms with Crippen LogP contribution in [0.2, 0.25) is 0 Å². The van der Waals surface area contributed by atoms with Gasteiger partial charge in [-0.25, -0.2) is 0 Å². The Balaban J connectivity index is 1.51. The molecule has 0 saturated heterocycles. The zero-order valence-electron chi connectivity index (χ0n) is 14.8. The molecule has 0 aliphatic heterocycles. The van der Waals surface area contributed by atoms with Crippen LogP contribution in [0.1, 0.15) is 0 Å². The van der Waals surface area contributed by atoms with Crippen LogP contribution in [-0.2, 0) is 4.79 Å². The first-order chi connectivity index (χ1) is 13.2. The number of hydrogen-bond donors (Lipinski definition) is 1. The number of carbonyl (C=O) groups excluding carboxylic acids is 1. The van der Waals surface area contributed by atoms with Crippen molar-refractivity contribution in [1.29, 1.82) is 0 Å². The number of likely N-dealkylation sites (N-methyl/N-ethyl adjacent to an activating group) is 1. The second kappa shape index (κ2) is 7.25. The van der Waals surface area contributed by atoms with Crippen LogP contribution in [0.5, 0.6) is 0 Å². The largest absolute Gasteiger partial charge is 0.333 e. The monoisotopic (exact) mass is 358 g/mol. The van der Waals surface area contributed by atoms with E-state index in [4.69, 9.17) is 0 Å². The number of para-hydroxylation sites is 1. The Morgan fingerprint density at radius 3 is 2.59 bits per heavy atom. The Kier molecular flexibility index (Phi) is 4.49. The van der Waals surface area contributed by atoms with Gasteiger partial charge >= 0.3 is 0 Å². The molecule has 134 valence electrons. The standard InChI is InChI=1S/C20H18N6O/c1-25(20-22-23-24-26(20)16-10-3-2-4-11-16)14-19(27)21-18-13-7-9-15-8-5-6-12-17(15)18/h2-13H,14H2,1H3,(H,21,27). The van der Waals surface area contributed by atoms with Crippen molar-refractivity contribution in [3.63, 3.8) is 0 Å². The van der Waals surface area contributed by atoms with E-state index < -0.39 is 0 Å². The van der Waals surface area contributed by atoms with Gasteiger partial charge in [-0.3, -0.25) is 4.79 Å². The summed E-state index contributed by atoms with van der Waals surface area (Å²) in [5.74, 6) is 0.353. The molecule has 3 aromatic carbocycles. The Bertz CT molecular complexity index is 1070. The van der Waals surface area contributed by atoms with Gasteiger partial charge in [-0.15, -0.1) is 0 Å². The number of benzene rings is 3. The molecule has 0 fully saturated rings. The zero-order valence-corrected chi connectivity index (χ0v) is 14.8. The average molecular weight is 358 g/mol. The van der Waals surface area contributed by atoms with Gasteiger partial charge < -0.3 is 10.2 Å². The van der Waals surface area contributed by atoms with E-state index in [1.54, 1.807) is 16.6 Å². The normalized spacial score (nSPS) is 10.7. The summed E-state index contributed by atoms with van der Waals surface area (Å²) in [6, 6.07) is 23.3. The topological polar surface area (TPSA) is 75.9 Å². The van der Waals surface area contributed by atoms with Crippen molar-refractivity contribution in [1.82, 2.24) is 20.2 Å². The summed E-state index contributed by atoms with van der Waals surface area (Å²) < 4.78 is 1.60. The van der Waals surface area contributed by atoms with Crippen LogP contribution in [0.25, 0.3) is 16.5 Å². The van der Waals surface area contributed by atoms with Crippen molar-refractivity contribution in [2.24, 2.45) is 0 Å². The molecule has 0 spiro atoms. The Hall–Kier alpha value is -3.74. The molecule has 7 nitrogen and oxygen atoms in total. The summed E-state index contributed by atoms with van der Waals surface area (Å²) in [5.41, 5.74) is 1.62. The van der Waals surface area contributed by atoms with E-state index >= 15 is 0 Å². The van der Waals surface area contributed by atoms with Crippen molar-refractivity contribution in [2.45, 2.75) is 0 Å². The lowest BCUT2D eigenvalue weighted by Crippen LogP contribution is -2.32. The number of rotatable bonds is 5. The summed E-state index contributed by atoms with van der Waals surface area (Å²) in [5, 5.41) is 16.9. The first kappa shape index (κ1) is 16.7. The molecule has 4 rings (SSSR count). The number of hydrogen-bond acceptors (Lipinski definition) is 5. The highest BCUT2D eigenvalue weighted by Crippen LogP contribution is 2.23. The minimum absolute atomic E-state index is 0.121. The second-order valence-corrected chi connectivity index (χ2v) is 6.16. The maximum absolute atomic E-state index is 12.6. The molecule has 0 atom stereocenters. The summed E-state index contributed by atoms with van der Waals surface area (Å²) in [6.07, 6.45) is 0. The van der Waals surface area contributed by atoms with Crippen LogP contribution in [0.15, 0.2) is 72.8 Å². The summed E-state index contributed by atoms with van der Waals surface area (Å²) in [7, 11) is 1.79. The number of tetrazole rings is 1. The van der Waals surface area contributed by atoms with Crippen LogP contribution < -0.4 is 10.2 Å². The van der Waals surface area contributed by atoms with E-state index in [1.165, 1.54) is 0 Å². The van der Waals surface area contributed by atoms with Crippen molar-refractivity contribution < 1.29 is 4.79 Å². The first-order valence-corrected chi connectivity index (χ1v) is 8.55. The van der Waals surface area contributed by atoms with Crippen LogP contribution in [-0.4, -0.2) is 39.7 Å². The minimum atomic E-state index is -0.142. The van der Waals surface area contributed by atoms with Gasteiger partial charge in [0.2, 0.25) is 5.91 Å².